The van der Waals surface area contributed by atoms with E-state index in [1.54, 1.807) is 17.6 Å². The summed E-state index contributed by atoms with van der Waals surface area (Å²) in [7, 11) is 0. The molecule has 1 aliphatic heterocycles. The lowest BCUT2D eigenvalue weighted by Crippen LogP contribution is -2.13. The van der Waals surface area contributed by atoms with Crippen LogP contribution in [0.2, 0.25) is 5.02 Å². The van der Waals surface area contributed by atoms with Crippen molar-refractivity contribution in [3.63, 3.8) is 0 Å². The topological polar surface area (TPSA) is 72.5 Å². The normalized spacial score (nSPS) is 14.9. The second-order valence-electron chi connectivity index (χ2n) is 9.03. The Hall–Kier alpha value is -3.42. The van der Waals surface area contributed by atoms with Crippen molar-refractivity contribution < 1.29 is 4.79 Å². The van der Waals surface area contributed by atoms with Crippen molar-refractivity contribution in [2.75, 3.05) is 6.54 Å². The molecule has 2 aromatic carbocycles. The lowest BCUT2D eigenvalue weighted by atomic mass is 9.99. The Kier molecular flexibility index (Phi) is 6.69. The minimum Gasteiger partial charge on any atom is -0.298 e. The highest BCUT2D eigenvalue weighted by atomic mass is 35.5. The number of hydrogen-bond donors (Lipinski definition) is 0. The number of carbonyl (C=O) groups excluding carboxylic acids is 1. The molecule has 0 aliphatic carbocycles. The summed E-state index contributed by atoms with van der Waals surface area (Å²) < 4.78 is 2.06. The molecule has 8 heteroatoms. The first-order chi connectivity index (χ1) is 17.3. The van der Waals surface area contributed by atoms with Gasteiger partial charge in [-0.2, -0.15) is 0 Å². The SMILES string of the molecule is Cc1ccc(C=NCC(=O)C[C@@H]2N=C(c3ccc(Cl)cc3)c3c(sc(C)c3C)-n3c(C)nnc32)cc1. The molecule has 0 bridgehead atoms. The van der Waals surface area contributed by atoms with E-state index in [9.17, 15) is 4.79 Å². The van der Waals surface area contributed by atoms with Crippen molar-refractivity contribution in [2.45, 2.75) is 40.2 Å². The summed E-state index contributed by atoms with van der Waals surface area (Å²) in [4.78, 5) is 23.8. The maximum atomic E-state index is 13.0. The van der Waals surface area contributed by atoms with Crippen LogP contribution in [0.4, 0.5) is 0 Å². The molecule has 0 N–H and O–H groups in total. The lowest BCUT2D eigenvalue weighted by Gasteiger charge is -2.12. The molecule has 6 nitrogen and oxygen atoms in total. The predicted molar refractivity (Wildman–Crippen MR) is 147 cm³/mol. The number of hydrogen-bond acceptors (Lipinski definition) is 6. The van der Waals surface area contributed by atoms with Gasteiger partial charge in [-0.1, -0.05) is 53.6 Å². The Balaban J connectivity index is 1.52. The zero-order valence-electron chi connectivity index (χ0n) is 20.6. The maximum absolute atomic E-state index is 13.0. The zero-order chi connectivity index (χ0) is 25.4. The Bertz CT molecular complexity index is 1500. The van der Waals surface area contributed by atoms with Crippen LogP contribution in [0, 0.1) is 27.7 Å². The van der Waals surface area contributed by atoms with E-state index in [1.165, 1.54) is 10.4 Å². The van der Waals surface area contributed by atoms with Gasteiger partial charge in [0.2, 0.25) is 0 Å². The monoisotopic (exact) mass is 515 g/mol. The van der Waals surface area contributed by atoms with Crippen LogP contribution in [0.3, 0.4) is 0 Å². The Morgan fingerprint density at radius 1 is 1.06 bits per heavy atom. The molecular formula is C28H26ClN5OS. The van der Waals surface area contributed by atoms with Gasteiger partial charge in [0.15, 0.2) is 11.6 Å². The van der Waals surface area contributed by atoms with Gasteiger partial charge in [0, 0.05) is 33.7 Å². The molecule has 0 fully saturated rings. The van der Waals surface area contributed by atoms with E-state index < -0.39 is 6.04 Å². The minimum atomic E-state index is -0.474. The van der Waals surface area contributed by atoms with Gasteiger partial charge in [-0.15, -0.1) is 21.5 Å². The van der Waals surface area contributed by atoms with Crippen LogP contribution in [0.15, 0.2) is 58.5 Å². The lowest BCUT2D eigenvalue weighted by molar-refractivity contribution is -0.118. The quantitative estimate of drug-likeness (QED) is 0.287. The van der Waals surface area contributed by atoms with E-state index in [0.717, 1.165) is 38.8 Å². The summed E-state index contributed by atoms with van der Waals surface area (Å²) in [6, 6.07) is 15.2. The van der Waals surface area contributed by atoms with Crippen molar-refractivity contribution >= 4 is 40.6 Å². The van der Waals surface area contributed by atoms with Gasteiger partial charge in [0.1, 0.15) is 16.9 Å². The van der Waals surface area contributed by atoms with Crippen LogP contribution in [0.5, 0.6) is 0 Å². The number of aliphatic imine (C=N–C) groups is 2. The van der Waals surface area contributed by atoms with Crippen LogP contribution in [0.25, 0.3) is 5.00 Å². The van der Waals surface area contributed by atoms with Crippen LogP contribution in [-0.4, -0.2) is 39.0 Å². The molecule has 182 valence electrons. The van der Waals surface area contributed by atoms with Gasteiger partial charge in [-0.25, -0.2) is 0 Å². The highest BCUT2D eigenvalue weighted by molar-refractivity contribution is 7.15. The summed E-state index contributed by atoms with van der Waals surface area (Å²) in [5.41, 5.74) is 6.16. The Labute approximate surface area is 219 Å². The highest BCUT2D eigenvalue weighted by Crippen LogP contribution is 2.39. The molecule has 3 heterocycles. The average Bonchev–Trinajstić information content (AvgIpc) is 3.33. The van der Waals surface area contributed by atoms with Crippen LogP contribution in [0.1, 0.15) is 56.8 Å². The largest absolute Gasteiger partial charge is 0.298 e. The number of aromatic nitrogens is 3. The highest BCUT2D eigenvalue weighted by Gasteiger charge is 2.32. The van der Waals surface area contributed by atoms with E-state index in [1.807, 2.05) is 62.4 Å². The van der Waals surface area contributed by atoms with Crippen LogP contribution < -0.4 is 0 Å². The summed E-state index contributed by atoms with van der Waals surface area (Å²) in [5, 5.41) is 10.5. The predicted octanol–water partition coefficient (Wildman–Crippen LogP) is 6.19. The summed E-state index contributed by atoms with van der Waals surface area (Å²) in [5.74, 6) is 1.44. The smallest absolute Gasteiger partial charge is 0.163 e. The molecule has 0 spiro atoms. The molecule has 0 amide bonds. The zero-order valence-corrected chi connectivity index (χ0v) is 22.2. The van der Waals surface area contributed by atoms with Gasteiger partial charge in [-0.3, -0.25) is 19.3 Å². The van der Waals surface area contributed by atoms with Crippen LogP contribution >= 0.6 is 22.9 Å². The summed E-state index contributed by atoms with van der Waals surface area (Å²) in [6.45, 7) is 8.28. The second kappa shape index (κ2) is 9.91. The fraction of sp³-hybridized carbons (Fsp3) is 0.250. The van der Waals surface area contributed by atoms with Gasteiger partial charge in [-0.05, 0) is 51.0 Å². The number of ketones is 1. The standard InChI is InChI=1S/C28H26ClN5OS/c1-16-5-7-20(8-6-16)14-30-15-23(35)13-24-27-33-32-19(4)34(27)28-25(17(2)18(3)36-28)26(31-24)21-9-11-22(29)12-10-21/h5-12,14,24H,13,15H2,1-4H3/t24-/m0/s1. The van der Waals surface area contributed by atoms with Gasteiger partial charge >= 0.3 is 0 Å². The van der Waals surface area contributed by atoms with E-state index >= 15 is 0 Å². The van der Waals surface area contributed by atoms with Gasteiger partial charge < -0.3 is 0 Å². The molecule has 0 radical (unpaired) electrons. The Morgan fingerprint density at radius 3 is 2.50 bits per heavy atom. The molecule has 2 aromatic heterocycles. The van der Waals surface area contributed by atoms with E-state index in [0.29, 0.717) is 10.8 Å². The summed E-state index contributed by atoms with van der Waals surface area (Å²) in [6.07, 6.45) is 1.93. The van der Waals surface area contributed by atoms with Gasteiger partial charge in [0.25, 0.3) is 0 Å². The molecule has 1 aliphatic rings. The first-order valence-corrected chi connectivity index (χ1v) is 13.0. The molecule has 1 atom stereocenters. The second-order valence-corrected chi connectivity index (χ2v) is 10.7. The molecule has 5 rings (SSSR count). The number of Topliss-reactive ketones (excluding diaryl/α,β-unsaturated/α-hetero) is 1. The van der Waals surface area contributed by atoms with Crippen molar-refractivity contribution in [3.8, 4) is 5.00 Å². The minimum absolute atomic E-state index is 0.00655. The molecule has 36 heavy (non-hydrogen) atoms. The molecule has 0 saturated carbocycles. The number of aryl methyl sites for hydroxylation is 3. The number of thiophene rings is 1. The van der Waals surface area contributed by atoms with E-state index in [2.05, 4.69) is 33.6 Å². The van der Waals surface area contributed by atoms with Crippen molar-refractivity contribution in [1.82, 2.24) is 14.8 Å². The number of carbonyl (C=O) groups is 1. The fourth-order valence-corrected chi connectivity index (χ4v) is 5.66. The summed E-state index contributed by atoms with van der Waals surface area (Å²) >= 11 is 7.87. The van der Waals surface area contributed by atoms with E-state index in [4.69, 9.17) is 16.6 Å². The van der Waals surface area contributed by atoms with Gasteiger partial charge in [0.05, 0.1) is 12.3 Å². The number of nitrogens with zero attached hydrogens (tertiary/aromatic N) is 5. The molecule has 0 saturated heterocycles. The van der Waals surface area contributed by atoms with Crippen molar-refractivity contribution in [3.05, 3.63) is 97.9 Å². The molecule has 0 unspecified atom stereocenters. The third-order valence-electron chi connectivity index (χ3n) is 6.36. The first kappa shape index (κ1) is 24.3. The third kappa shape index (κ3) is 4.68. The van der Waals surface area contributed by atoms with E-state index in [-0.39, 0.29) is 18.7 Å². The Morgan fingerprint density at radius 2 is 1.78 bits per heavy atom. The third-order valence-corrected chi connectivity index (χ3v) is 7.81. The van der Waals surface area contributed by atoms with Crippen molar-refractivity contribution in [2.24, 2.45) is 9.98 Å². The number of benzene rings is 2. The first-order valence-electron chi connectivity index (χ1n) is 11.8. The maximum Gasteiger partial charge on any atom is 0.163 e. The fourth-order valence-electron chi connectivity index (χ4n) is 4.32. The number of halogens is 1. The van der Waals surface area contributed by atoms with Crippen molar-refractivity contribution in [1.29, 1.82) is 0 Å². The molecule has 4 aromatic rings. The number of rotatable bonds is 6. The number of fused-ring (bicyclic) bond motifs is 3. The molecular weight excluding hydrogens is 490 g/mol. The van der Waals surface area contributed by atoms with Crippen LogP contribution in [-0.2, 0) is 4.79 Å². The average molecular weight is 516 g/mol.